The van der Waals surface area contributed by atoms with Gasteiger partial charge in [0.05, 0.1) is 11.9 Å². The number of carbonyl (C=O) groups excluding carboxylic acids is 1. The number of carbonyl (C=O) groups is 1. The number of amides is 1. The fourth-order valence-corrected chi connectivity index (χ4v) is 2.22. The standard InChI is InChI=1S/C11H14N6O/c1-15-6-4-10(11(15)18)17-7-8(13-14-17)9-3-5-12-16(9)2/h3,5,7,10H,4,6H2,1-2H3. The Kier molecular flexibility index (Phi) is 2.39. The lowest BCUT2D eigenvalue weighted by atomic mass is 10.2. The van der Waals surface area contributed by atoms with Gasteiger partial charge < -0.3 is 4.90 Å². The molecule has 0 spiro atoms. The molecule has 1 aliphatic rings. The summed E-state index contributed by atoms with van der Waals surface area (Å²) < 4.78 is 3.38. The molecule has 0 bridgehead atoms. The summed E-state index contributed by atoms with van der Waals surface area (Å²) in [5.74, 6) is 0.0939. The van der Waals surface area contributed by atoms with E-state index in [4.69, 9.17) is 0 Å². The molecule has 7 heteroatoms. The molecule has 1 atom stereocenters. The number of aryl methyl sites for hydroxylation is 1. The van der Waals surface area contributed by atoms with E-state index in [2.05, 4.69) is 15.4 Å². The highest BCUT2D eigenvalue weighted by Gasteiger charge is 2.31. The van der Waals surface area contributed by atoms with E-state index in [1.54, 1.807) is 33.7 Å². The molecule has 2 aromatic rings. The van der Waals surface area contributed by atoms with Crippen LogP contribution in [0, 0.1) is 0 Å². The molecule has 3 heterocycles. The highest BCUT2D eigenvalue weighted by molar-refractivity contribution is 5.82. The fourth-order valence-electron chi connectivity index (χ4n) is 2.22. The normalized spacial score (nSPS) is 19.8. The third kappa shape index (κ3) is 1.59. The van der Waals surface area contributed by atoms with Crippen molar-refractivity contribution in [3.05, 3.63) is 18.5 Å². The Morgan fingerprint density at radius 3 is 2.83 bits per heavy atom. The van der Waals surface area contributed by atoms with Crippen molar-refractivity contribution >= 4 is 5.91 Å². The predicted molar refractivity (Wildman–Crippen MR) is 63.5 cm³/mol. The van der Waals surface area contributed by atoms with Gasteiger partial charge in [-0.1, -0.05) is 5.21 Å². The highest BCUT2D eigenvalue weighted by Crippen LogP contribution is 2.23. The molecule has 0 N–H and O–H groups in total. The molecule has 3 rings (SSSR count). The molecular formula is C11H14N6O. The van der Waals surface area contributed by atoms with Crippen LogP contribution in [0.1, 0.15) is 12.5 Å². The zero-order valence-electron chi connectivity index (χ0n) is 10.3. The summed E-state index contributed by atoms with van der Waals surface area (Å²) in [7, 11) is 3.66. The molecule has 2 aromatic heterocycles. The average Bonchev–Trinajstić information content (AvgIpc) is 3.02. The first kappa shape index (κ1) is 10.9. The van der Waals surface area contributed by atoms with Crippen molar-refractivity contribution in [1.29, 1.82) is 0 Å². The fraction of sp³-hybridized carbons (Fsp3) is 0.455. The van der Waals surface area contributed by atoms with Gasteiger partial charge in [-0.05, 0) is 12.5 Å². The van der Waals surface area contributed by atoms with Gasteiger partial charge in [0.25, 0.3) is 0 Å². The van der Waals surface area contributed by atoms with E-state index in [1.807, 2.05) is 13.1 Å². The maximum atomic E-state index is 11.9. The summed E-state index contributed by atoms with van der Waals surface area (Å²) >= 11 is 0. The second kappa shape index (κ2) is 3.94. The van der Waals surface area contributed by atoms with Crippen molar-refractivity contribution in [2.75, 3.05) is 13.6 Å². The average molecular weight is 246 g/mol. The number of likely N-dealkylation sites (N-methyl/N-ethyl adjacent to an activating group) is 1. The number of nitrogens with zero attached hydrogens (tertiary/aromatic N) is 6. The maximum Gasteiger partial charge on any atom is 0.247 e. The molecule has 7 nitrogen and oxygen atoms in total. The van der Waals surface area contributed by atoms with E-state index in [0.717, 1.165) is 24.4 Å². The molecular weight excluding hydrogens is 232 g/mol. The molecule has 1 unspecified atom stereocenters. The van der Waals surface area contributed by atoms with Crippen LogP contribution in [0.4, 0.5) is 0 Å². The second-order valence-corrected chi connectivity index (χ2v) is 4.49. The third-order valence-corrected chi connectivity index (χ3v) is 3.31. The van der Waals surface area contributed by atoms with Gasteiger partial charge in [-0.2, -0.15) is 5.10 Å². The topological polar surface area (TPSA) is 68.8 Å². The lowest BCUT2D eigenvalue weighted by Gasteiger charge is -2.09. The lowest BCUT2D eigenvalue weighted by Crippen LogP contribution is -2.24. The number of hydrogen-bond donors (Lipinski definition) is 0. The first-order chi connectivity index (χ1) is 8.66. The van der Waals surface area contributed by atoms with E-state index in [1.165, 1.54) is 0 Å². The van der Waals surface area contributed by atoms with Crippen molar-refractivity contribution in [3.63, 3.8) is 0 Å². The van der Waals surface area contributed by atoms with Crippen LogP contribution in [0.5, 0.6) is 0 Å². The molecule has 1 saturated heterocycles. The summed E-state index contributed by atoms with van der Waals surface area (Å²) in [6, 6.07) is 1.65. The monoisotopic (exact) mass is 246 g/mol. The van der Waals surface area contributed by atoms with Crippen LogP contribution in [-0.4, -0.2) is 49.2 Å². The van der Waals surface area contributed by atoms with Gasteiger partial charge in [0.2, 0.25) is 5.91 Å². The smallest absolute Gasteiger partial charge is 0.247 e. The van der Waals surface area contributed by atoms with E-state index in [-0.39, 0.29) is 11.9 Å². The molecule has 94 valence electrons. The number of aromatic nitrogens is 5. The summed E-state index contributed by atoms with van der Waals surface area (Å²) in [5.41, 5.74) is 1.62. The Balaban J connectivity index is 1.91. The van der Waals surface area contributed by atoms with Crippen LogP contribution in [0.3, 0.4) is 0 Å². The predicted octanol–water partition coefficient (Wildman–Crippen LogP) is 0.0818. The maximum absolute atomic E-state index is 11.9. The quantitative estimate of drug-likeness (QED) is 0.752. The Bertz CT molecular complexity index is 586. The van der Waals surface area contributed by atoms with Gasteiger partial charge in [0.1, 0.15) is 11.7 Å². The number of likely N-dealkylation sites (tertiary alicyclic amines) is 1. The van der Waals surface area contributed by atoms with Crippen LogP contribution >= 0.6 is 0 Å². The highest BCUT2D eigenvalue weighted by atomic mass is 16.2. The van der Waals surface area contributed by atoms with Crippen LogP contribution in [0.15, 0.2) is 18.5 Å². The molecule has 0 saturated carbocycles. The molecule has 1 aliphatic heterocycles. The zero-order chi connectivity index (χ0) is 12.7. The second-order valence-electron chi connectivity index (χ2n) is 4.49. The molecule has 0 radical (unpaired) electrons. The van der Waals surface area contributed by atoms with Gasteiger partial charge >= 0.3 is 0 Å². The van der Waals surface area contributed by atoms with Crippen LogP contribution in [-0.2, 0) is 11.8 Å². The van der Waals surface area contributed by atoms with Gasteiger partial charge in [0, 0.05) is 26.8 Å². The third-order valence-electron chi connectivity index (χ3n) is 3.31. The lowest BCUT2D eigenvalue weighted by molar-refractivity contribution is -0.129. The molecule has 1 amide bonds. The first-order valence-corrected chi connectivity index (χ1v) is 5.82. The largest absolute Gasteiger partial charge is 0.344 e. The number of rotatable bonds is 2. The molecule has 1 fully saturated rings. The SMILES string of the molecule is CN1CCC(n2cc(-c3ccnn3C)nn2)C1=O. The summed E-state index contributed by atoms with van der Waals surface area (Å²) in [6.07, 6.45) is 4.30. The minimum Gasteiger partial charge on any atom is -0.344 e. The Hall–Kier alpha value is -2.18. The molecule has 18 heavy (non-hydrogen) atoms. The van der Waals surface area contributed by atoms with Gasteiger partial charge in [-0.25, -0.2) is 4.68 Å². The van der Waals surface area contributed by atoms with E-state index in [0.29, 0.717) is 0 Å². The van der Waals surface area contributed by atoms with Crippen molar-refractivity contribution in [2.24, 2.45) is 7.05 Å². The van der Waals surface area contributed by atoms with Crippen LogP contribution in [0.25, 0.3) is 11.4 Å². The first-order valence-electron chi connectivity index (χ1n) is 5.82. The van der Waals surface area contributed by atoms with Crippen LogP contribution < -0.4 is 0 Å². The van der Waals surface area contributed by atoms with Crippen LogP contribution in [0.2, 0.25) is 0 Å². The molecule has 0 aliphatic carbocycles. The summed E-state index contributed by atoms with van der Waals surface area (Å²) in [5, 5.41) is 12.3. The summed E-state index contributed by atoms with van der Waals surface area (Å²) in [4.78, 5) is 13.6. The van der Waals surface area contributed by atoms with Crippen molar-refractivity contribution in [3.8, 4) is 11.4 Å². The van der Waals surface area contributed by atoms with Crippen molar-refractivity contribution < 1.29 is 4.79 Å². The Morgan fingerprint density at radius 1 is 1.39 bits per heavy atom. The molecule has 0 aromatic carbocycles. The number of hydrogen-bond acceptors (Lipinski definition) is 4. The zero-order valence-corrected chi connectivity index (χ0v) is 10.3. The Labute approximate surface area is 104 Å². The van der Waals surface area contributed by atoms with Crippen molar-refractivity contribution in [1.82, 2.24) is 29.7 Å². The van der Waals surface area contributed by atoms with Crippen molar-refractivity contribution in [2.45, 2.75) is 12.5 Å². The Morgan fingerprint density at radius 2 is 2.22 bits per heavy atom. The van der Waals surface area contributed by atoms with Gasteiger partial charge in [-0.15, -0.1) is 5.10 Å². The van der Waals surface area contributed by atoms with Gasteiger partial charge in [0.15, 0.2) is 0 Å². The summed E-state index contributed by atoms with van der Waals surface area (Å²) in [6.45, 7) is 0.768. The minimum absolute atomic E-state index is 0.0939. The van der Waals surface area contributed by atoms with Gasteiger partial charge in [-0.3, -0.25) is 9.48 Å². The van der Waals surface area contributed by atoms with E-state index >= 15 is 0 Å². The minimum atomic E-state index is -0.218. The van der Waals surface area contributed by atoms with E-state index in [9.17, 15) is 4.79 Å². The van der Waals surface area contributed by atoms with E-state index < -0.39 is 0 Å².